The molecule has 0 saturated carbocycles. The van der Waals surface area contributed by atoms with Crippen LogP contribution in [0.4, 0.5) is 11.4 Å². The SMILES string of the molecule is COc1ccc(NC(=O)/C=C/c2ccc(-c3ccncc3)cc2)cc1N1CCN(C)CC1. The quantitative estimate of drug-likeness (QED) is 0.598. The van der Waals surface area contributed by atoms with E-state index >= 15 is 0 Å². The van der Waals surface area contributed by atoms with Crippen molar-refractivity contribution in [3.8, 4) is 16.9 Å². The van der Waals surface area contributed by atoms with E-state index in [0.29, 0.717) is 0 Å². The summed E-state index contributed by atoms with van der Waals surface area (Å²) >= 11 is 0. The van der Waals surface area contributed by atoms with Crippen molar-refractivity contribution in [2.45, 2.75) is 0 Å². The second kappa shape index (κ2) is 10.1. The first kappa shape index (κ1) is 21.6. The second-order valence-corrected chi connectivity index (χ2v) is 7.86. The highest BCUT2D eigenvalue weighted by molar-refractivity contribution is 6.02. The van der Waals surface area contributed by atoms with Crippen LogP contribution < -0.4 is 15.0 Å². The Labute approximate surface area is 189 Å². The predicted molar refractivity (Wildman–Crippen MR) is 130 cm³/mol. The molecule has 0 bridgehead atoms. The Hall–Kier alpha value is -3.64. The van der Waals surface area contributed by atoms with Crippen LogP contribution in [-0.2, 0) is 4.79 Å². The van der Waals surface area contributed by atoms with E-state index in [9.17, 15) is 4.79 Å². The van der Waals surface area contributed by atoms with Crippen LogP contribution in [0.1, 0.15) is 5.56 Å². The summed E-state index contributed by atoms with van der Waals surface area (Å²) in [6, 6.07) is 17.8. The molecule has 1 aromatic heterocycles. The minimum absolute atomic E-state index is 0.169. The van der Waals surface area contributed by atoms with E-state index in [4.69, 9.17) is 4.74 Å². The Kier molecular flexibility index (Phi) is 6.82. The molecule has 0 atom stereocenters. The Morgan fingerprint density at radius 3 is 2.34 bits per heavy atom. The summed E-state index contributed by atoms with van der Waals surface area (Å²) < 4.78 is 5.55. The average Bonchev–Trinajstić information content (AvgIpc) is 2.84. The monoisotopic (exact) mass is 428 g/mol. The van der Waals surface area contributed by atoms with Crippen LogP contribution in [0.3, 0.4) is 0 Å². The highest BCUT2D eigenvalue weighted by Crippen LogP contribution is 2.32. The summed E-state index contributed by atoms with van der Waals surface area (Å²) in [6.07, 6.45) is 6.93. The third-order valence-electron chi connectivity index (χ3n) is 5.64. The Bertz CT molecular complexity index is 1070. The molecule has 1 aliphatic rings. The number of aromatic nitrogens is 1. The Balaban J connectivity index is 1.41. The number of carbonyl (C=O) groups is 1. The number of nitrogens with zero attached hydrogens (tertiary/aromatic N) is 3. The molecule has 6 heteroatoms. The summed E-state index contributed by atoms with van der Waals surface area (Å²) in [5.41, 5.74) is 4.95. The molecule has 32 heavy (non-hydrogen) atoms. The molecule has 4 rings (SSSR count). The lowest BCUT2D eigenvalue weighted by molar-refractivity contribution is -0.111. The predicted octanol–water partition coefficient (Wildman–Crippen LogP) is 4.16. The van der Waals surface area contributed by atoms with Crippen molar-refractivity contribution < 1.29 is 9.53 Å². The first-order valence-electron chi connectivity index (χ1n) is 10.7. The number of amides is 1. The first-order valence-corrected chi connectivity index (χ1v) is 10.7. The van der Waals surface area contributed by atoms with Gasteiger partial charge in [0.1, 0.15) is 5.75 Å². The lowest BCUT2D eigenvalue weighted by atomic mass is 10.1. The molecule has 0 aliphatic carbocycles. The normalized spacial score (nSPS) is 14.5. The van der Waals surface area contributed by atoms with Gasteiger partial charge in [0, 0.05) is 50.3 Å². The highest BCUT2D eigenvalue weighted by Gasteiger charge is 2.18. The van der Waals surface area contributed by atoms with Gasteiger partial charge in [-0.3, -0.25) is 9.78 Å². The molecule has 6 nitrogen and oxygen atoms in total. The summed E-state index contributed by atoms with van der Waals surface area (Å²) in [6.45, 7) is 3.87. The van der Waals surface area contributed by atoms with Crippen LogP contribution >= 0.6 is 0 Å². The second-order valence-electron chi connectivity index (χ2n) is 7.86. The zero-order chi connectivity index (χ0) is 22.3. The van der Waals surface area contributed by atoms with E-state index in [1.54, 1.807) is 25.6 Å². The summed E-state index contributed by atoms with van der Waals surface area (Å²) in [5.74, 6) is 0.648. The molecule has 1 saturated heterocycles. The molecule has 0 unspecified atom stereocenters. The number of rotatable bonds is 6. The van der Waals surface area contributed by atoms with Gasteiger partial charge >= 0.3 is 0 Å². The molecule has 0 radical (unpaired) electrons. The standard InChI is InChI=1S/C26H28N4O2/c1-29-15-17-30(18-16-29)24-19-23(8-9-25(24)32-2)28-26(31)10-5-20-3-6-21(7-4-20)22-11-13-27-14-12-22/h3-14,19H,15-18H2,1-2H3,(H,28,31)/b10-5+. The average molecular weight is 429 g/mol. The van der Waals surface area contributed by atoms with Crippen LogP contribution in [0, 0.1) is 0 Å². The van der Waals surface area contributed by atoms with Crippen LogP contribution in [0.5, 0.6) is 5.75 Å². The minimum Gasteiger partial charge on any atom is -0.495 e. The maximum absolute atomic E-state index is 12.5. The number of pyridine rings is 1. The lowest BCUT2D eigenvalue weighted by Gasteiger charge is -2.34. The minimum atomic E-state index is -0.169. The molecular formula is C26H28N4O2. The summed E-state index contributed by atoms with van der Waals surface area (Å²) in [5, 5.41) is 2.96. The fraction of sp³-hybridized carbons (Fsp3) is 0.231. The van der Waals surface area contributed by atoms with Crippen LogP contribution in [0.2, 0.25) is 0 Å². The molecule has 2 heterocycles. The smallest absolute Gasteiger partial charge is 0.248 e. The number of anilines is 2. The van der Waals surface area contributed by atoms with Crippen molar-refractivity contribution >= 4 is 23.4 Å². The molecular weight excluding hydrogens is 400 g/mol. The van der Waals surface area contributed by atoms with Gasteiger partial charge in [-0.1, -0.05) is 24.3 Å². The molecule has 3 aromatic rings. The van der Waals surface area contributed by atoms with Gasteiger partial charge in [-0.05, 0) is 60.1 Å². The Morgan fingerprint density at radius 2 is 1.66 bits per heavy atom. The third kappa shape index (κ3) is 5.34. The number of nitrogens with one attached hydrogen (secondary N) is 1. The summed E-state index contributed by atoms with van der Waals surface area (Å²) in [7, 11) is 3.81. The number of benzene rings is 2. The van der Waals surface area contributed by atoms with Gasteiger partial charge in [0.2, 0.25) is 5.91 Å². The van der Waals surface area contributed by atoms with Crippen LogP contribution in [0.25, 0.3) is 17.2 Å². The largest absolute Gasteiger partial charge is 0.495 e. The number of hydrogen-bond acceptors (Lipinski definition) is 5. The zero-order valence-corrected chi connectivity index (χ0v) is 18.5. The number of hydrogen-bond donors (Lipinski definition) is 1. The van der Waals surface area contributed by atoms with Gasteiger partial charge in [-0.2, -0.15) is 0 Å². The molecule has 1 fully saturated rings. The van der Waals surface area contributed by atoms with E-state index in [0.717, 1.165) is 60.0 Å². The maximum atomic E-state index is 12.5. The maximum Gasteiger partial charge on any atom is 0.248 e. The molecule has 1 aliphatic heterocycles. The highest BCUT2D eigenvalue weighted by atomic mass is 16.5. The third-order valence-corrected chi connectivity index (χ3v) is 5.64. The zero-order valence-electron chi connectivity index (χ0n) is 18.5. The Morgan fingerprint density at radius 1 is 0.969 bits per heavy atom. The van der Waals surface area contributed by atoms with Crippen LogP contribution in [-0.4, -0.2) is 56.1 Å². The van der Waals surface area contributed by atoms with Gasteiger partial charge in [-0.15, -0.1) is 0 Å². The van der Waals surface area contributed by atoms with E-state index in [1.165, 1.54) is 0 Å². The van der Waals surface area contributed by atoms with Crippen molar-refractivity contribution in [1.82, 2.24) is 9.88 Å². The van der Waals surface area contributed by atoms with E-state index < -0.39 is 0 Å². The van der Waals surface area contributed by atoms with Crippen molar-refractivity contribution in [2.24, 2.45) is 0 Å². The van der Waals surface area contributed by atoms with Crippen molar-refractivity contribution in [1.29, 1.82) is 0 Å². The van der Waals surface area contributed by atoms with Crippen molar-refractivity contribution in [2.75, 3.05) is 50.6 Å². The van der Waals surface area contributed by atoms with E-state index in [1.807, 2.05) is 60.7 Å². The van der Waals surface area contributed by atoms with Gasteiger partial charge in [0.25, 0.3) is 0 Å². The van der Waals surface area contributed by atoms with Gasteiger partial charge in [0.15, 0.2) is 0 Å². The first-order chi connectivity index (χ1) is 15.6. The van der Waals surface area contributed by atoms with Gasteiger partial charge in [0.05, 0.1) is 12.8 Å². The van der Waals surface area contributed by atoms with Crippen molar-refractivity contribution in [3.63, 3.8) is 0 Å². The lowest BCUT2D eigenvalue weighted by Crippen LogP contribution is -2.44. The molecule has 164 valence electrons. The topological polar surface area (TPSA) is 57.7 Å². The van der Waals surface area contributed by atoms with Crippen LogP contribution in [0.15, 0.2) is 73.1 Å². The molecule has 2 aromatic carbocycles. The van der Waals surface area contributed by atoms with E-state index in [2.05, 4.69) is 27.1 Å². The molecule has 0 spiro atoms. The number of ether oxygens (including phenoxy) is 1. The fourth-order valence-electron chi connectivity index (χ4n) is 3.75. The number of piperazine rings is 1. The van der Waals surface area contributed by atoms with Gasteiger partial charge in [-0.25, -0.2) is 0 Å². The molecule has 1 amide bonds. The fourth-order valence-corrected chi connectivity index (χ4v) is 3.75. The number of likely N-dealkylation sites (N-methyl/N-ethyl adjacent to an activating group) is 1. The van der Waals surface area contributed by atoms with Gasteiger partial charge < -0.3 is 19.9 Å². The summed E-state index contributed by atoms with van der Waals surface area (Å²) in [4.78, 5) is 21.2. The number of carbonyl (C=O) groups excluding carboxylic acids is 1. The number of methoxy groups -OCH3 is 1. The van der Waals surface area contributed by atoms with E-state index in [-0.39, 0.29) is 5.91 Å². The van der Waals surface area contributed by atoms with Crippen molar-refractivity contribution in [3.05, 3.63) is 78.6 Å². The molecule has 1 N–H and O–H groups in total.